The molecule has 0 aliphatic heterocycles. The van der Waals surface area contributed by atoms with Crippen LogP contribution in [-0.2, 0) is 0 Å². The third-order valence-electron chi connectivity index (χ3n) is 3.24. The van der Waals surface area contributed by atoms with E-state index in [1.165, 1.54) is 0 Å². The van der Waals surface area contributed by atoms with Crippen molar-refractivity contribution in [2.45, 2.75) is 46.6 Å². The van der Waals surface area contributed by atoms with Gasteiger partial charge >= 0.3 is 0 Å². The van der Waals surface area contributed by atoms with Crippen LogP contribution in [0, 0.1) is 13.8 Å². The Bertz CT molecular complexity index is 396. The van der Waals surface area contributed by atoms with Crippen molar-refractivity contribution in [1.82, 2.24) is 4.90 Å². The van der Waals surface area contributed by atoms with Crippen molar-refractivity contribution in [3.8, 4) is 0 Å². The van der Waals surface area contributed by atoms with Gasteiger partial charge in [0.25, 0.3) is 5.91 Å². The van der Waals surface area contributed by atoms with Crippen LogP contribution in [0.1, 0.15) is 48.6 Å². The lowest BCUT2D eigenvalue weighted by atomic mass is 10.1. The summed E-state index contributed by atoms with van der Waals surface area (Å²) < 4.78 is 5.45. The monoisotopic (exact) mass is 315 g/mol. The Balaban J connectivity index is 2.98. The van der Waals surface area contributed by atoms with Gasteiger partial charge in [-0.3, -0.25) is 4.79 Å². The SMILES string of the molecule is CCC(CC)N(CCBr)C(=O)c1cc(C)oc1C. The predicted molar refractivity (Wildman–Crippen MR) is 77.4 cm³/mol. The van der Waals surface area contributed by atoms with E-state index in [9.17, 15) is 4.79 Å². The van der Waals surface area contributed by atoms with Crippen LogP contribution in [0.4, 0.5) is 0 Å². The first-order valence-corrected chi connectivity index (χ1v) is 7.61. The normalized spacial score (nSPS) is 11.0. The number of halogens is 1. The average Bonchev–Trinajstić information content (AvgIpc) is 2.68. The summed E-state index contributed by atoms with van der Waals surface area (Å²) in [6.07, 6.45) is 1.95. The van der Waals surface area contributed by atoms with Gasteiger partial charge in [-0.2, -0.15) is 0 Å². The molecule has 3 nitrogen and oxygen atoms in total. The van der Waals surface area contributed by atoms with Crippen molar-refractivity contribution in [2.75, 3.05) is 11.9 Å². The molecule has 0 saturated carbocycles. The van der Waals surface area contributed by atoms with Gasteiger partial charge in [0.05, 0.1) is 5.56 Å². The standard InChI is InChI=1S/C14H22BrNO2/c1-5-12(6-2)16(8-7-15)14(17)13-9-10(3)18-11(13)4/h9,12H,5-8H2,1-4H3. The van der Waals surface area contributed by atoms with Crippen molar-refractivity contribution in [1.29, 1.82) is 0 Å². The molecule has 0 radical (unpaired) electrons. The predicted octanol–water partition coefficient (Wildman–Crippen LogP) is 3.92. The van der Waals surface area contributed by atoms with E-state index < -0.39 is 0 Å². The summed E-state index contributed by atoms with van der Waals surface area (Å²) in [6, 6.07) is 2.13. The molecule has 102 valence electrons. The van der Waals surface area contributed by atoms with Gasteiger partial charge in [-0.1, -0.05) is 29.8 Å². The number of hydrogen-bond donors (Lipinski definition) is 0. The fraction of sp³-hybridized carbons (Fsp3) is 0.643. The molecule has 0 fully saturated rings. The maximum Gasteiger partial charge on any atom is 0.257 e. The van der Waals surface area contributed by atoms with Crippen LogP contribution in [0.15, 0.2) is 10.5 Å². The van der Waals surface area contributed by atoms with E-state index in [0.29, 0.717) is 17.4 Å². The zero-order valence-corrected chi connectivity index (χ0v) is 13.2. The third-order valence-corrected chi connectivity index (χ3v) is 3.60. The van der Waals surface area contributed by atoms with E-state index in [1.807, 2.05) is 24.8 Å². The quantitative estimate of drug-likeness (QED) is 0.745. The molecule has 0 aliphatic carbocycles. The molecule has 0 bridgehead atoms. The Morgan fingerprint density at radius 1 is 1.39 bits per heavy atom. The van der Waals surface area contributed by atoms with E-state index in [1.54, 1.807) is 0 Å². The zero-order valence-electron chi connectivity index (χ0n) is 11.6. The lowest BCUT2D eigenvalue weighted by Crippen LogP contribution is -2.41. The largest absolute Gasteiger partial charge is 0.466 e. The average molecular weight is 316 g/mol. The topological polar surface area (TPSA) is 33.5 Å². The van der Waals surface area contributed by atoms with Gasteiger partial charge < -0.3 is 9.32 Å². The number of furan rings is 1. The van der Waals surface area contributed by atoms with Crippen LogP contribution >= 0.6 is 15.9 Å². The van der Waals surface area contributed by atoms with Crippen LogP contribution in [0.5, 0.6) is 0 Å². The molecule has 0 saturated heterocycles. The summed E-state index contributed by atoms with van der Waals surface area (Å²) >= 11 is 3.42. The third kappa shape index (κ3) is 3.37. The minimum atomic E-state index is 0.0810. The molecule has 1 aromatic rings. The van der Waals surface area contributed by atoms with E-state index >= 15 is 0 Å². The first-order valence-electron chi connectivity index (χ1n) is 6.49. The zero-order chi connectivity index (χ0) is 13.7. The lowest BCUT2D eigenvalue weighted by Gasteiger charge is -2.30. The second-order valence-corrected chi connectivity index (χ2v) is 5.28. The molecule has 0 N–H and O–H groups in total. The van der Waals surface area contributed by atoms with Crippen molar-refractivity contribution in [2.24, 2.45) is 0 Å². The molecule has 4 heteroatoms. The van der Waals surface area contributed by atoms with Crippen LogP contribution in [0.2, 0.25) is 0 Å². The Morgan fingerprint density at radius 2 is 2.00 bits per heavy atom. The lowest BCUT2D eigenvalue weighted by molar-refractivity contribution is 0.0681. The summed E-state index contributed by atoms with van der Waals surface area (Å²) in [5.74, 6) is 1.58. The molecular formula is C14H22BrNO2. The second kappa shape index (κ2) is 6.98. The highest BCUT2D eigenvalue weighted by Gasteiger charge is 2.24. The second-order valence-electron chi connectivity index (χ2n) is 4.48. The minimum Gasteiger partial charge on any atom is -0.466 e. The Morgan fingerprint density at radius 3 is 2.39 bits per heavy atom. The van der Waals surface area contributed by atoms with Gasteiger partial charge in [0, 0.05) is 17.9 Å². The van der Waals surface area contributed by atoms with Crippen LogP contribution < -0.4 is 0 Å². The van der Waals surface area contributed by atoms with E-state index in [2.05, 4.69) is 29.8 Å². The number of carbonyl (C=O) groups is 1. The highest BCUT2D eigenvalue weighted by atomic mass is 79.9. The highest BCUT2D eigenvalue weighted by Crippen LogP contribution is 2.19. The van der Waals surface area contributed by atoms with E-state index in [-0.39, 0.29) is 5.91 Å². The molecule has 0 spiro atoms. The smallest absolute Gasteiger partial charge is 0.257 e. The summed E-state index contributed by atoms with van der Waals surface area (Å²) in [6.45, 7) is 8.69. The number of hydrogen-bond acceptors (Lipinski definition) is 2. The molecule has 0 atom stereocenters. The van der Waals surface area contributed by atoms with E-state index in [4.69, 9.17) is 4.42 Å². The van der Waals surface area contributed by atoms with Crippen LogP contribution in [0.3, 0.4) is 0 Å². The van der Waals surface area contributed by atoms with Crippen molar-refractivity contribution in [3.05, 3.63) is 23.2 Å². The minimum absolute atomic E-state index is 0.0810. The van der Waals surface area contributed by atoms with Gasteiger partial charge in [0.2, 0.25) is 0 Å². The number of amides is 1. The Labute approximate surface area is 118 Å². The molecular weight excluding hydrogens is 294 g/mol. The maximum absolute atomic E-state index is 12.6. The van der Waals surface area contributed by atoms with Crippen molar-refractivity contribution >= 4 is 21.8 Å². The molecule has 1 amide bonds. The first kappa shape index (κ1) is 15.3. The molecule has 1 aromatic heterocycles. The van der Waals surface area contributed by atoms with Gasteiger partial charge in [-0.15, -0.1) is 0 Å². The molecule has 1 rings (SSSR count). The maximum atomic E-state index is 12.6. The molecule has 1 heterocycles. The van der Waals surface area contributed by atoms with Gasteiger partial charge in [-0.05, 0) is 32.8 Å². The number of carbonyl (C=O) groups excluding carboxylic acids is 1. The van der Waals surface area contributed by atoms with Crippen molar-refractivity contribution < 1.29 is 9.21 Å². The molecule has 0 unspecified atom stereocenters. The van der Waals surface area contributed by atoms with Crippen LogP contribution in [-0.4, -0.2) is 28.7 Å². The molecule has 0 aliphatic rings. The summed E-state index contributed by atoms with van der Waals surface area (Å²) in [5, 5.41) is 0.797. The fourth-order valence-corrected chi connectivity index (χ4v) is 2.65. The molecule has 18 heavy (non-hydrogen) atoms. The fourth-order valence-electron chi connectivity index (χ4n) is 2.27. The number of aryl methyl sites for hydroxylation is 2. The van der Waals surface area contributed by atoms with Gasteiger partial charge in [0.15, 0.2) is 0 Å². The van der Waals surface area contributed by atoms with Gasteiger partial charge in [0.1, 0.15) is 11.5 Å². The highest BCUT2D eigenvalue weighted by molar-refractivity contribution is 9.09. The summed E-state index contributed by atoms with van der Waals surface area (Å²) in [7, 11) is 0. The van der Waals surface area contributed by atoms with Crippen molar-refractivity contribution in [3.63, 3.8) is 0 Å². The summed E-state index contributed by atoms with van der Waals surface area (Å²) in [5.41, 5.74) is 0.695. The summed E-state index contributed by atoms with van der Waals surface area (Å²) in [4.78, 5) is 14.5. The van der Waals surface area contributed by atoms with Gasteiger partial charge in [-0.25, -0.2) is 0 Å². The number of rotatable bonds is 6. The Hall–Kier alpha value is -0.770. The van der Waals surface area contributed by atoms with Crippen LogP contribution in [0.25, 0.3) is 0 Å². The molecule has 0 aromatic carbocycles. The number of nitrogens with zero attached hydrogens (tertiary/aromatic N) is 1. The van der Waals surface area contributed by atoms with E-state index in [0.717, 1.165) is 30.5 Å². The number of alkyl halides is 1. The first-order chi connectivity index (χ1) is 8.54. The Kier molecular flexibility index (Phi) is 5.93.